The second-order valence-corrected chi connectivity index (χ2v) is 3.99. The number of rotatable bonds is 10. The Morgan fingerprint density at radius 1 is 1.13 bits per heavy atom. The number of unbranched alkanes of at least 4 members (excludes halogenated alkanes) is 6. The van der Waals surface area contributed by atoms with Crippen LogP contribution in [0.1, 0.15) is 58.3 Å². The van der Waals surface area contributed by atoms with Gasteiger partial charge in [0.05, 0.1) is 6.07 Å². The third kappa shape index (κ3) is 11.0. The van der Waals surface area contributed by atoms with Gasteiger partial charge in [0, 0.05) is 5.70 Å². The van der Waals surface area contributed by atoms with E-state index in [4.69, 9.17) is 5.26 Å². The first-order valence-corrected chi connectivity index (χ1v) is 6.09. The van der Waals surface area contributed by atoms with Gasteiger partial charge in [0.1, 0.15) is 6.54 Å². The molecule has 0 saturated heterocycles. The summed E-state index contributed by atoms with van der Waals surface area (Å²) < 4.78 is 0. The average molecular weight is 208 g/mol. The molecular formula is C13H24N2. The topological polar surface area (TPSA) is 35.8 Å². The normalized spacial score (nSPS) is 9.60. The van der Waals surface area contributed by atoms with Crippen LogP contribution in [0.4, 0.5) is 0 Å². The standard InChI is InChI=1S/C13H24N2/c1-3-4-5-6-7-8-9-10-13(2)15-12-11-14/h15H,2-10,12H2,1H3. The number of hydrogen-bond donors (Lipinski definition) is 1. The molecule has 0 aliphatic carbocycles. The third-order valence-electron chi connectivity index (χ3n) is 2.50. The van der Waals surface area contributed by atoms with E-state index in [0.29, 0.717) is 6.54 Å². The van der Waals surface area contributed by atoms with Crippen molar-refractivity contribution in [1.29, 1.82) is 5.26 Å². The molecule has 0 aromatic carbocycles. The van der Waals surface area contributed by atoms with Crippen LogP contribution in [0.2, 0.25) is 0 Å². The van der Waals surface area contributed by atoms with E-state index in [-0.39, 0.29) is 0 Å². The lowest BCUT2D eigenvalue weighted by molar-refractivity contribution is 0.583. The SMILES string of the molecule is C=C(CCCCCCCCC)NCC#N. The fourth-order valence-corrected chi connectivity index (χ4v) is 1.55. The highest BCUT2D eigenvalue weighted by molar-refractivity contribution is 4.93. The van der Waals surface area contributed by atoms with Crippen LogP contribution in [0.15, 0.2) is 12.3 Å². The van der Waals surface area contributed by atoms with Gasteiger partial charge in [0.15, 0.2) is 0 Å². The summed E-state index contributed by atoms with van der Waals surface area (Å²) in [5.41, 5.74) is 1.00. The minimum absolute atomic E-state index is 0.384. The van der Waals surface area contributed by atoms with Crippen molar-refractivity contribution in [3.05, 3.63) is 12.3 Å². The predicted molar refractivity (Wildman–Crippen MR) is 65.4 cm³/mol. The fourth-order valence-electron chi connectivity index (χ4n) is 1.55. The van der Waals surface area contributed by atoms with Gasteiger partial charge in [-0.15, -0.1) is 0 Å². The summed E-state index contributed by atoms with van der Waals surface area (Å²) in [6.45, 7) is 6.50. The van der Waals surface area contributed by atoms with E-state index in [9.17, 15) is 0 Å². The first-order valence-electron chi connectivity index (χ1n) is 6.09. The second-order valence-electron chi connectivity index (χ2n) is 3.99. The zero-order valence-corrected chi connectivity index (χ0v) is 10.0. The van der Waals surface area contributed by atoms with Crippen LogP contribution in [0.5, 0.6) is 0 Å². The van der Waals surface area contributed by atoms with E-state index < -0.39 is 0 Å². The zero-order chi connectivity index (χ0) is 11.4. The van der Waals surface area contributed by atoms with Crippen molar-refractivity contribution in [3.8, 4) is 6.07 Å². The molecule has 86 valence electrons. The van der Waals surface area contributed by atoms with Crippen molar-refractivity contribution >= 4 is 0 Å². The highest BCUT2D eigenvalue weighted by Gasteiger charge is 1.94. The maximum Gasteiger partial charge on any atom is 0.103 e. The van der Waals surface area contributed by atoms with Crippen molar-refractivity contribution in [3.63, 3.8) is 0 Å². The van der Waals surface area contributed by atoms with Crippen LogP contribution in [-0.4, -0.2) is 6.54 Å². The monoisotopic (exact) mass is 208 g/mol. The molecule has 0 saturated carbocycles. The Kier molecular flexibility index (Phi) is 10.4. The molecule has 1 N–H and O–H groups in total. The number of allylic oxidation sites excluding steroid dienone is 1. The molecule has 0 atom stereocenters. The number of nitriles is 1. The number of nitrogens with one attached hydrogen (secondary N) is 1. The summed E-state index contributed by atoms with van der Waals surface area (Å²) in [7, 11) is 0. The molecule has 2 heteroatoms. The van der Waals surface area contributed by atoms with Crippen molar-refractivity contribution in [2.45, 2.75) is 58.3 Å². The molecule has 0 aromatic heterocycles. The van der Waals surface area contributed by atoms with Gasteiger partial charge in [0.25, 0.3) is 0 Å². The second kappa shape index (κ2) is 11.1. The Labute approximate surface area is 94.4 Å². The summed E-state index contributed by atoms with van der Waals surface area (Å²) in [5, 5.41) is 11.3. The summed E-state index contributed by atoms with van der Waals surface area (Å²) in [5.74, 6) is 0. The Morgan fingerprint density at radius 3 is 2.33 bits per heavy atom. The van der Waals surface area contributed by atoms with Crippen molar-refractivity contribution in [1.82, 2.24) is 5.32 Å². The molecular weight excluding hydrogens is 184 g/mol. The van der Waals surface area contributed by atoms with Crippen molar-refractivity contribution in [2.24, 2.45) is 0 Å². The van der Waals surface area contributed by atoms with E-state index in [1.807, 2.05) is 0 Å². The van der Waals surface area contributed by atoms with Crippen LogP contribution in [0.3, 0.4) is 0 Å². The zero-order valence-electron chi connectivity index (χ0n) is 10.0. The van der Waals surface area contributed by atoms with E-state index in [1.165, 1.54) is 44.9 Å². The molecule has 0 aliphatic heterocycles. The molecule has 0 heterocycles. The van der Waals surface area contributed by atoms with Crippen molar-refractivity contribution in [2.75, 3.05) is 6.54 Å². The Hall–Kier alpha value is -0.970. The van der Waals surface area contributed by atoms with Crippen LogP contribution in [0, 0.1) is 11.3 Å². The van der Waals surface area contributed by atoms with Gasteiger partial charge in [-0.2, -0.15) is 5.26 Å². The van der Waals surface area contributed by atoms with Gasteiger partial charge in [-0.05, 0) is 12.8 Å². The molecule has 0 fully saturated rings. The molecule has 0 spiro atoms. The number of nitrogens with zero attached hydrogens (tertiary/aromatic N) is 1. The van der Waals surface area contributed by atoms with Gasteiger partial charge in [-0.1, -0.05) is 52.0 Å². The minimum Gasteiger partial charge on any atom is -0.376 e. The quantitative estimate of drug-likeness (QED) is 0.438. The molecule has 2 nitrogen and oxygen atoms in total. The predicted octanol–water partition coefficient (Wildman–Crippen LogP) is 3.75. The molecule has 0 bridgehead atoms. The largest absolute Gasteiger partial charge is 0.376 e. The molecule has 0 unspecified atom stereocenters. The molecule has 15 heavy (non-hydrogen) atoms. The number of hydrogen-bond acceptors (Lipinski definition) is 2. The first kappa shape index (κ1) is 14.0. The first-order chi connectivity index (χ1) is 7.31. The summed E-state index contributed by atoms with van der Waals surface area (Å²) in [6.07, 6.45) is 10.3. The minimum atomic E-state index is 0.384. The maximum absolute atomic E-state index is 8.35. The lowest BCUT2D eigenvalue weighted by atomic mass is 10.1. The van der Waals surface area contributed by atoms with Crippen LogP contribution in [0.25, 0.3) is 0 Å². The van der Waals surface area contributed by atoms with Crippen LogP contribution in [-0.2, 0) is 0 Å². The van der Waals surface area contributed by atoms with Gasteiger partial charge in [-0.3, -0.25) is 0 Å². The maximum atomic E-state index is 8.35. The van der Waals surface area contributed by atoms with E-state index >= 15 is 0 Å². The van der Waals surface area contributed by atoms with Gasteiger partial charge < -0.3 is 5.32 Å². The molecule has 0 radical (unpaired) electrons. The Morgan fingerprint density at radius 2 is 1.73 bits per heavy atom. The third-order valence-corrected chi connectivity index (χ3v) is 2.50. The molecule has 0 amide bonds. The van der Waals surface area contributed by atoms with Crippen LogP contribution < -0.4 is 5.32 Å². The Bertz CT molecular complexity index is 191. The average Bonchev–Trinajstić information content (AvgIpc) is 2.25. The van der Waals surface area contributed by atoms with Gasteiger partial charge >= 0.3 is 0 Å². The van der Waals surface area contributed by atoms with Gasteiger partial charge in [0.2, 0.25) is 0 Å². The van der Waals surface area contributed by atoms with Crippen LogP contribution >= 0.6 is 0 Å². The van der Waals surface area contributed by atoms with E-state index in [2.05, 4.69) is 24.9 Å². The lowest BCUT2D eigenvalue weighted by Crippen LogP contribution is -2.11. The smallest absolute Gasteiger partial charge is 0.103 e. The van der Waals surface area contributed by atoms with Gasteiger partial charge in [-0.25, -0.2) is 0 Å². The summed E-state index contributed by atoms with van der Waals surface area (Å²) >= 11 is 0. The molecule has 0 aliphatic rings. The highest BCUT2D eigenvalue weighted by Crippen LogP contribution is 2.10. The Balaban J connectivity index is 3.10. The lowest BCUT2D eigenvalue weighted by Gasteiger charge is -2.05. The highest BCUT2D eigenvalue weighted by atomic mass is 14.9. The molecule has 0 aromatic rings. The summed E-state index contributed by atoms with van der Waals surface area (Å²) in [6, 6.07) is 2.05. The molecule has 0 rings (SSSR count). The van der Waals surface area contributed by atoms with Crippen molar-refractivity contribution < 1.29 is 0 Å². The summed E-state index contributed by atoms with van der Waals surface area (Å²) in [4.78, 5) is 0. The fraction of sp³-hybridized carbons (Fsp3) is 0.769. The van der Waals surface area contributed by atoms with E-state index in [0.717, 1.165) is 12.1 Å². The van der Waals surface area contributed by atoms with E-state index in [1.54, 1.807) is 0 Å².